The second kappa shape index (κ2) is 5.64. The number of carbonyl (C=O) groups is 1. The molecular weight excluding hydrogens is 282 g/mol. The van der Waals surface area contributed by atoms with E-state index in [1.807, 2.05) is 19.0 Å². The summed E-state index contributed by atoms with van der Waals surface area (Å²) < 4.78 is 0. The van der Waals surface area contributed by atoms with Crippen molar-refractivity contribution >= 4 is 5.91 Å². The summed E-state index contributed by atoms with van der Waals surface area (Å²) in [4.78, 5) is 18.6. The van der Waals surface area contributed by atoms with Gasteiger partial charge in [0.15, 0.2) is 5.69 Å². The van der Waals surface area contributed by atoms with Gasteiger partial charge in [0, 0.05) is 43.9 Å². The van der Waals surface area contributed by atoms with Gasteiger partial charge in [-0.1, -0.05) is 0 Å². The molecule has 3 rings (SSSR count). The predicted octanol–water partition coefficient (Wildman–Crippen LogP) is -0.464. The third-order valence-corrected chi connectivity index (χ3v) is 4.56. The van der Waals surface area contributed by atoms with Gasteiger partial charge in [0.25, 0.3) is 5.91 Å². The second-order valence-electron chi connectivity index (χ2n) is 6.96. The third-order valence-electron chi connectivity index (χ3n) is 4.56. The zero-order valence-corrected chi connectivity index (χ0v) is 13.6. The van der Waals surface area contributed by atoms with E-state index in [2.05, 4.69) is 22.1 Å². The van der Waals surface area contributed by atoms with E-state index in [4.69, 9.17) is 0 Å². The van der Waals surface area contributed by atoms with Crippen LogP contribution in [-0.2, 0) is 13.0 Å². The van der Waals surface area contributed by atoms with E-state index in [-0.39, 0.29) is 5.91 Å². The van der Waals surface area contributed by atoms with Gasteiger partial charge in [-0.2, -0.15) is 5.10 Å². The summed E-state index contributed by atoms with van der Waals surface area (Å²) in [6.45, 7) is 3.26. The summed E-state index contributed by atoms with van der Waals surface area (Å²) >= 11 is 0. The van der Waals surface area contributed by atoms with Crippen LogP contribution in [0.25, 0.3) is 0 Å². The minimum Gasteiger partial charge on any atom is -0.387 e. The first-order valence-corrected chi connectivity index (χ1v) is 7.79. The molecule has 0 radical (unpaired) electrons. The smallest absolute Gasteiger partial charge is 0.274 e. The number of H-pyrrole nitrogens is 1. The Morgan fingerprint density at radius 3 is 2.95 bits per heavy atom. The van der Waals surface area contributed by atoms with Crippen LogP contribution in [0.5, 0.6) is 0 Å². The molecule has 1 atom stereocenters. The lowest BCUT2D eigenvalue weighted by Gasteiger charge is -2.27. The summed E-state index contributed by atoms with van der Waals surface area (Å²) in [6, 6.07) is 0. The number of nitrogens with one attached hydrogen (secondary N) is 1. The molecule has 1 aromatic rings. The van der Waals surface area contributed by atoms with Crippen molar-refractivity contribution in [1.29, 1.82) is 0 Å². The highest BCUT2D eigenvalue weighted by molar-refractivity contribution is 5.94. The highest BCUT2D eigenvalue weighted by Crippen LogP contribution is 2.26. The minimum atomic E-state index is -0.813. The van der Waals surface area contributed by atoms with Crippen molar-refractivity contribution in [3.05, 3.63) is 17.0 Å². The fourth-order valence-corrected chi connectivity index (χ4v) is 3.50. The number of β-amino-alcohol motifs (C(OH)–C–C–N with tert-alkyl or cyclic N) is 1. The van der Waals surface area contributed by atoms with Gasteiger partial charge in [-0.3, -0.25) is 9.89 Å². The summed E-state index contributed by atoms with van der Waals surface area (Å²) in [5.74, 6) is -0.0671. The molecule has 2 N–H and O–H groups in total. The average molecular weight is 307 g/mol. The Morgan fingerprint density at radius 2 is 2.23 bits per heavy atom. The Hall–Kier alpha value is -1.44. The highest BCUT2D eigenvalue weighted by atomic mass is 16.3. The summed E-state index contributed by atoms with van der Waals surface area (Å²) in [7, 11) is 5.92. The fourth-order valence-electron chi connectivity index (χ4n) is 3.50. The minimum absolute atomic E-state index is 0.0671. The molecule has 1 amide bonds. The molecule has 2 aliphatic rings. The van der Waals surface area contributed by atoms with Crippen LogP contribution in [0.1, 0.15) is 28.2 Å². The molecule has 2 aliphatic heterocycles. The molecule has 3 heterocycles. The van der Waals surface area contributed by atoms with E-state index in [9.17, 15) is 9.90 Å². The fraction of sp³-hybridized carbons (Fsp3) is 0.733. The van der Waals surface area contributed by atoms with Gasteiger partial charge in [-0.05, 0) is 27.6 Å². The van der Waals surface area contributed by atoms with Gasteiger partial charge < -0.3 is 19.8 Å². The molecule has 1 aromatic heterocycles. The number of likely N-dealkylation sites (N-methyl/N-ethyl adjacent to an activating group) is 2. The Bertz CT molecular complexity index is 570. The first-order valence-electron chi connectivity index (χ1n) is 7.79. The van der Waals surface area contributed by atoms with E-state index in [1.165, 1.54) is 0 Å². The first kappa shape index (κ1) is 15.5. The van der Waals surface area contributed by atoms with Crippen molar-refractivity contribution < 1.29 is 9.90 Å². The van der Waals surface area contributed by atoms with Crippen molar-refractivity contribution in [2.45, 2.75) is 25.0 Å². The monoisotopic (exact) mass is 307 g/mol. The van der Waals surface area contributed by atoms with Crippen molar-refractivity contribution in [1.82, 2.24) is 24.9 Å². The maximum absolute atomic E-state index is 12.8. The van der Waals surface area contributed by atoms with E-state index in [0.29, 0.717) is 31.7 Å². The van der Waals surface area contributed by atoms with Gasteiger partial charge in [0.1, 0.15) is 0 Å². The van der Waals surface area contributed by atoms with Crippen molar-refractivity contribution in [3.8, 4) is 0 Å². The number of aliphatic hydroxyl groups is 1. The van der Waals surface area contributed by atoms with E-state index in [0.717, 1.165) is 30.8 Å². The van der Waals surface area contributed by atoms with Crippen molar-refractivity contribution in [2.24, 2.45) is 0 Å². The number of aromatic amines is 1. The maximum atomic E-state index is 12.8. The standard InChI is InChI=1S/C15H25N5O2/c1-18(2)9-15(22)5-7-20(10-15)14(21)13-11-8-19(3)6-4-12(11)16-17-13/h22H,4-10H2,1-3H3,(H,16,17). The SMILES string of the molecule is CN(C)CC1(O)CCN(C(=O)c2n[nH]c3c2CN(C)CC3)C1. The first-order chi connectivity index (χ1) is 10.4. The zero-order chi connectivity index (χ0) is 15.9. The molecule has 22 heavy (non-hydrogen) atoms. The molecule has 7 nitrogen and oxygen atoms in total. The molecule has 1 fully saturated rings. The van der Waals surface area contributed by atoms with Gasteiger partial charge in [-0.15, -0.1) is 0 Å². The van der Waals surface area contributed by atoms with Crippen molar-refractivity contribution in [3.63, 3.8) is 0 Å². The highest BCUT2D eigenvalue weighted by Gasteiger charge is 2.40. The quantitative estimate of drug-likeness (QED) is 0.790. The predicted molar refractivity (Wildman–Crippen MR) is 82.7 cm³/mol. The molecule has 7 heteroatoms. The second-order valence-corrected chi connectivity index (χ2v) is 6.96. The van der Waals surface area contributed by atoms with Crippen LogP contribution >= 0.6 is 0 Å². The molecule has 1 unspecified atom stereocenters. The van der Waals surface area contributed by atoms with Gasteiger partial charge in [-0.25, -0.2) is 0 Å². The molecule has 122 valence electrons. The largest absolute Gasteiger partial charge is 0.387 e. The summed E-state index contributed by atoms with van der Waals surface area (Å²) in [5, 5.41) is 17.8. The molecular formula is C15H25N5O2. The molecule has 0 aromatic carbocycles. The average Bonchev–Trinajstić information content (AvgIpc) is 3.01. The number of hydrogen-bond donors (Lipinski definition) is 2. The summed E-state index contributed by atoms with van der Waals surface area (Å²) in [5.41, 5.74) is 1.80. The number of hydrogen-bond acceptors (Lipinski definition) is 5. The Kier molecular flexibility index (Phi) is 3.96. The number of amides is 1. The van der Waals surface area contributed by atoms with Crippen LogP contribution < -0.4 is 0 Å². The molecule has 0 aliphatic carbocycles. The molecule has 0 bridgehead atoms. The Morgan fingerprint density at radius 1 is 1.45 bits per heavy atom. The summed E-state index contributed by atoms with van der Waals surface area (Å²) in [6.07, 6.45) is 1.51. The van der Waals surface area contributed by atoms with Crippen LogP contribution in [0.15, 0.2) is 0 Å². The number of aromatic nitrogens is 2. The number of carbonyl (C=O) groups excluding carboxylic acids is 1. The van der Waals surface area contributed by atoms with Gasteiger partial charge in [0.05, 0.1) is 12.1 Å². The topological polar surface area (TPSA) is 75.7 Å². The van der Waals surface area contributed by atoms with Crippen LogP contribution in [0.3, 0.4) is 0 Å². The van der Waals surface area contributed by atoms with E-state index in [1.54, 1.807) is 4.90 Å². The lowest BCUT2D eigenvalue weighted by atomic mass is 10.0. The van der Waals surface area contributed by atoms with Crippen LogP contribution in [0.2, 0.25) is 0 Å². The number of nitrogens with zero attached hydrogens (tertiary/aromatic N) is 4. The Balaban J connectivity index is 1.75. The number of likely N-dealkylation sites (tertiary alicyclic amines) is 1. The molecule has 1 saturated heterocycles. The zero-order valence-electron chi connectivity index (χ0n) is 13.6. The number of fused-ring (bicyclic) bond motifs is 1. The third kappa shape index (κ3) is 2.88. The van der Waals surface area contributed by atoms with Crippen LogP contribution in [0.4, 0.5) is 0 Å². The Labute approximate surface area is 130 Å². The van der Waals surface area contributed by atoms with Gasteiger partial charge in [0.2, 0.25) is 0 Å². The molecule has 0 saturated carbocycles. The van der Waals surface area contributed by atoms with Crippen molar-refractivity contribution in [2.75, 3.05) is 47.3 Å². The normalized spacial score (nSPS) is 25.8. The lowest BCUT2D eigenvalue weighted by molar-refractivity contribution is 0.0235. The maximum Gasteiger partial charge on any atom is 0.274 e. The van der Waals surface area contributed by atoms with Crippen LogP contribution in [0, 0.1) is 0 Å². The lowest BCUT2D eigenvalue weighted by Crippen LogP contribution is -2.43. The molecule has 0 spiro atoms. The number of rotatable bonds is 3. The van der Waals surface area contributed by atoms with E-state index < -0.39 is 5.60 Å². The van der Waals surface area contributed by atoms with Gasteiger partial charge >= 0.3 is 0 Å². The van der Waals surface area contributed by atoms with Crippen LogP contribution in [-0.4, -0.2) is 88.8 Å². The van der Waals surface area contributed by atoms with E-state index >= 15 is 0 Å².